The van der Waals surface area contributed by atoms with Gasteiger partial charge in [0.05, 0.1) is 10.7 Å². The van der Waals surface area contributed by atoms with E-state index in [1.165, 1.54) is 17.8 Å². The molecule has 1 aromatic carbocycles. The molecule has 1 aromatic heterocycles. The van der Waals surface area contributed by atoms with Crippen LogP contribution in [-0.4, -0.2) is 16.2 Å². The van der Waals surface area contributed by atoms with Gasteiger partial charge >= 0.3 is 0 Å². The third-order valence-corrected chi connectivity index (χ3v) is 3.14. The lowest BCUT2D eigenvalue weighted by Gasteiger charge is -2.11. The molecule has 0 spiro atoms. The molecule has 2 aromatic rings. The first-order valence-electron chi connectivity index (χ1n) is 5.34. The van der Waals surface area contributed by atoms with Gasteiger partial charge in [-0.3, -0.25) is 0 Å². The molecule has 0 atom stereocenters. The molecule has 0 bridgehead atoms. The smallest absolute Gasteiger partial charge is 0.191 e. The van der Waals surface area contributed by atoms with Gasteiger partial charge in [0.15, 0.2) is 11.0 Å². The molecular formula is C11H10ClF2N5S. The number of nitrogens with zero attached hydrogens (tertiary/aromatic N) is 2. The van der Waals surface area contributed by atoms with E-state index in [0.29, 0.717) is 11.0 Å². The predicted molar refractivity (Wildman–Crippen MR) is 76.3 cm³/mol. The van der Waals surface area contributed by atoms with Crippen molar-refractivity contribution in [3.8, 4) is 0 Å². The third kappa shape index (κ3) is 3.27. The average molecular weight is 318 g/mol. The summed E-state index contributed by atoms with van der Waals surface area (Å²) in [5.74, 6) is 4.35. The van der Waals surface area contributed by atoms with Crippen molar-refractivity contribution in [2.24, 2.45) is 5.84 Å². The van der Waals surface area contributed by atoms with Gasteiger partial charge in [-0.25, -0.2) is 24.6 Å². The van der Waals surface area contributed by atoms with Crippen LogP contribution in [0.4, 0.5) is 26.1 Å². The maximum Gasteiger partial charge on any atom is 0.191 e. The van der Waals surface area contributed by atoms with Crippen LogP contribution >= 0.6 is 23.4 Å². The number of aromatic nitrogens is 2. The largest absolute Gasteiger partial charge is 0.336 e. The lowest BCUT2D eigenvalue weighted by Crippen LogP contribution is -2.10. The molecule has 1 heterocycles. The van der Waals surface area contributed by atoms with Gasteiger partial charge in [-0.15, -0.1) is 0 Å². The monoisotopic (exact) mass is 317 g/mol. The number of anilines is 3. The summed E-state index contributed by atoms with van der Waals surface area (Å²) in [5.41, 5.74) is 2.31. The molecule has 0 saturated heterocycles. The van der Waals surface area contributed by atoms with Crippen LogP contribution in [0.5, 0.6) is 0 Å². The number of thioether (sulfide) groups is 1. The van der Waals surface area contributed by atoms with Gasteiger partial charge in [-0.05, 0) is 12.3 Å². The van der Waals surface area contributed by atoms with Crippen LogP contribution in [0.25, 0.3) is 0 Å². The zero-order chi connectivity index (χ0) is 14.7. The summed E-state index contributed by atoms with van der Waals surface area (Å²) in [4.78, 5) is 8.19. The van der Waals surface area contributed by atoms with Crippen LogP contribution in [0.1, 0.15) is 0 Å². The van der Waals surface area contributed by atoms with Crippen LogP contribution in [0, 0.1) is 11.6 Å². The summed E-state index contributed by atoms with van der Waals surface area (Å²) in [6.07, 6.45) is 1.78. The molecule has 4 N–H and O–H groups in total. The molecular weight excluding hydrogens is 308 g/mol. The fourth-order valence-electron chi connectivity index (χ4n) is 1.44. The summed E-state index contributed by atoms with van der Waals surface area (Å²) in [6.45, 7) is 0. The fraction of sp³-hybridized carbons (Fsp3) is 0.0909. The molecule has 0 saturated carbocycles. The molecule has 2 rings (SSSR count). The Kier molecular flexibility index (Phi) is 4.58. The van der Waals surface area contributed by atoms with Gasteiger partial charge in [0, 0.05) is 12.1 Å². The van der Waals surface area contributed by atoms with Crippen molar-refractivity contribution in [2.75, 3.05) is 17.0 Å². The van der Waals surface area contributed by atoms with E-state index < -0.39 is 11.6 Å². The number of nitrogen functional groups attached to an aromatic ring is 1. The molecule has 5 nitrogen and oxygen atoms in total. The van der Waals surface area contributed by atoms with E-state index in [-0.39, 0.29) is 16.5 Å². The average Bonchev–Trinajstić information content (AvgIpc) is 2.42. The second-order valence-electron chi connectivity index (χ2n) is 3.64. The number of hydrogen-bond acceptors (Lipinski definition) is 6. The lowest BCUT2D eigenvalue weighted by atomic mass is 10.3. The highest BCUT2D eigenvalue weighted by Crippen LogP contribution is 2.29. The predicted octanol–water partition coefficient (Wildman–Crippen LogP) is 3.16. The van der Waals surface area contributed by atoms with Crippen LogP contribution < -0.4 is 16.6 Å². The van der Waals surface area contributed by atoms with E-state index in [9.17, 15) is 8.78 Å². The molecule has 106 valence electrons. The van der Waals surface area contributed by atoms with Gasteiger partial charge in [0.1, 0.15) is 17.5 Å². The van der Waals surface area contributed by atoms with Crippen molar-refractivity contribution < 1.29 is 8.78 Å². The minimum absolute atomic E-state index is 0.0678. The minimum Gasteiger partial charge on any atom is -0.336 e. The van der Waals surface area contributed by atoms with E-state index in [0.717, 1.165) is 12.1 Å². The number of nitrogens with one attached hydrogen (secondary N) is 2. The number of halogens is 3. The first-order valence-corrected chi connectivity index (χ1v) is 6.95. The second kappa shape index (κ2) is 6.21. The topological polar surface area (TPSA) is 75.9 Å². The fourth-order valence-corrected chi connectivity index (χ4v) is 2.07. The first kappa shape index (κ1) is 14.8. The number of rotatable bonds is 4. The zero-order valence-electron chi connectivity index (χ0n) is 10.2. The third-order valence-electron chi connectivity index (χ3n) is 2.30. The van der Waals surface area contributed by atoms with Crippen LogP contribution in [0.3, 0.4) is 0 Å². The van der Waals surface area contributed by atoms with Gasteiger partial charge in [-0.2, -0.15) is 0 Å². The Morgan fingerprint density at radius 2 is 1.90 bits per heavy atom. The number of benzene rings is 1. The van der Waals surface area contributed by atoms with Crippen LogP contribution in [0.2, 0.25) is 5.02 Å². The molecule has 0 fully saturated rings. The SMILES string of the molecule is CSc1nc(NN)cc(Nc2c(F)cc(F)cc2Cl)n1. The summed E-state index contributed by atoms with van der Waals surface area (Å²) >= 11 is 7.09. The number of hydrazine groups is 1. The quantitative estimate of drug-likeness (QED) is 0.348. The minimum atomic E-state index is -0.818. The molecule has 20 heavy (non-hydrogen) atoms. The van der Waals surface area contributed by atoms with Crippen molar-refractivity contribution in [3.63, 3.8) is 0 Å². The maximum absolute atomic E-state index is 13.7. The second-order valence-corrected chi connectivity index (χ2v) is 4.82. The van der Waals surface area contributed by atoms with Crippen LogP contribution in [-0.2, 0) is 0 Å². The van der Waals surface area contributed by atoms with Gasteiger partial charge in [0.2, 0.25) is 0 Å². The van der Waals surface area contributed by atoms with Gasteiger partial charge in [-0.1, -0.05) is 23.4 Å². The normalized spacial score (nSPS) is 10.4. The van der Waals surface area contributed by atoms with Crippen molar-refractivity contribution in [3.05, 3.63) is 34.9 Å². The highest BCUT2D eigenvalue weighted by Gasteiger charge is 2.12. The lowest BCUT2D eigenvalue weighted by molar-refractivity contribution is 0.586. The van der Waals surface area contributed by atoms with E-state index in [1.54, 1.807) is 6.26 Å². The number of nitrogens with two attached hydrogens (primary N) is 1. The van der Waals surface area contributed by atoms with E-state index in [4.69, 9.17) is 17.4 Å². The summed E-state index contributed by atoms with van der Waals surface area (Å²) < 4.78 is 26.7. The molecule has 0 amide bonds. The standard InChI is InChI=1S/C11H10ClF2N5S/c1-20-11-17-8(4-9(18-11)19-15)16-10-6(12)2-5(13)3-7(10)14/h2-4H,15H2,1H3,(H2,16,17,18,19). The molecule has 0 aliphatic rings. The van der Waals surface area contributed by atoms with Crippen molar-refractivity contribution in [1.29, 1.82) is 0 Å². The Morgan fingerprint density at radius 1 is 1.20 bits per heavy atom. The van der Waals surface area contributed by atoms with Crippen molar-refractivity contribution >= 4 is 40.7 Å². The highest BCUT2D eigenvalue weighted by atomic mass is 35.5. The van der Waals surface area contributed by atoms with Crippen LogP contribution in [0.15, 0.2) is 23.4 Å². The zero-order valence-corrected chi connectivity index (χ0v) is 11.8. The molecule has 0 aliphatic heterocycles. The maximum atomic E-state index is 13.7. The Morgan fingerprint density at radius 3 is 2.50 bits per heavy atom. The Bertz CT molecular complexity index is 595. The Hall–Kier alpha value is -1.64. The summed E-state index contributed by atoms with van der Waals surface area (Å²) in [5, 5.41) is 3.03. The Labute approximate surface area is 122 Å². The molecule has 9 heteroatoms. The molecule has 0 aliphatic carbocycles. The van der Waals surface area contributed by atoms with Gasteiger partial charge < -0.3 is 10.7 Å². The summed E-state index contributed by atoms with van der Waals surface area (Å²) in [7, 11) is 0. The van der Waals surface area contributed by atoms with E-state index in [2.05, 4.69) is 20.7 Å². The van der Waals surface area contributed by atoms with Gasteiger partial charge in [0.25, 0.3) is 0 Å². The number of hydrogen-bond donors (Lipinski definition) is 3. The van der Waals surface area contributed by atoms with Crippen molar-refractivity contribution in [2.45, 2.75) is 5.16 Å². The summed E-state index contributed by atoms with van der Waals surface area (Å²) in [6, 6.07) is 3.21. The van der Waals surface area contributed by atoms with E-state index >= 15 is 0 Å². The van der Waals surface area contributed by atoms with E-state index in [1.807, 2.05) is 0 Å². The molecule has 0 radical (unpaired) electrons. The molecule has 0 unspecified atom stereocenters. The first-order chi connectivity index (χ1) is 9.53. The Balaban J connectivity index is 2.39. The van der Waals surface area contributed by atoms with Crippen molar-refractivity contribution in [1.82, 2.24) is 9.97 Å². The highest BCUT2D eigenvalue weighted by molar-refractivity contribution is 7.98.